The molecule has 6 nitrogen and oxygen atoms in total. The van der Waals surface area contributed by atoms with Gasteiger partial charge >= 0.3 is 0 Å². The maximum Gasteiger partial charge on any atom is 0.241 e. The summed E-state index contributed by atoms with van der Waals surface area (Å²) in [5.74, 6) is 0.117. The molecule has 21 heavy (non-hydrogen) atoms. The van der Waals surface area contributed by atoms with Crippen molar-refractivity contribution < 1.29 is 9.53 Å². The zero-order valence-electron chi connectivity index (χ0n) is 12.7. The Morgan fingerprint density at radius 3 is 3.10 bits per heavy atom. The summed E-state index contributed by atoms with van der Waals surface area (Å²) < 4.78 is 7.72. The molecule has 1 aromatic rings. The Morgan fingerprint density at radius 2 is 2.38 bits per heavy atom. The maximum absolute atomic E-state index is 12.6. The summed E-state index contributed by atoms with van der Waals surface area (Å²) in [4.78, 5) is 16.6. The van der Waals surface area contributed by atoms with Crippen molar-refractivity contribution in [3.63, 3.8) is 0 Å². The van der Waals surface area contributed by atoms with E-state index in [0.29, 0.717) is 13.2 Å². The number of ether oxygens (including phenoxy) is 1. The normalized spacial score (nSPS) is 33.3. The monoisotopic (exact) mass is 292 g/mol. The first-order valence-corrected chi connectivity index (χ1v) is 7.62. The molecule has 3 unspecified atom stereocenters. The first-order chi connectivity index (χ1) is 9.98. The number of aryl methyl sites for hydroxylation is 1. The van der Waals surface area contributed by atoms with Crippen molar-refractivity contribution >= 4 is 5.91 Å². The molecule has 0 spiro atoms. The Morgan fingerprint density at radius 1 is 1.57 bits per heavy atom. The van der Waals surface area contributed by atoms with Gasteiger partial charge in [-0.05, 0) is 12.8 Å². The summed E-state index contributed by atoms with van der Waals surface area (Å²) in [5.41, 5.74) is 5.37. The highest BCUT2D eigenvalue weighted by molar-refractivity contribution is 5.89. The van der Waals surface area contributed by atoms with Gasteiger partial charge in [0.25, 0.3) is 0 Å². The Labute approximate surface area is 125 Å². The summed E-state index contributed by atoms with van der Waals surface area (Å²) in [6.45, 7) is 6.25. The van der Waals surface area contributed by atoms with Gasteiger partial charge in [0.1, 0.15) is 5.54 Å². The SMILES string of the molecule is CC1(C)C2OCCC2C1(N)C(=O)NCCCn1ccnc1. The van der Waals surface area contributed by atoms with Crippen LogP contribution in [0.25, 0.3) is 0 Å². The predicted molar refractivity (Wildman–Crippen MR) is 78.4 cm³/mol. The third kappa shape index (κ3) is 2.08. The molecule has 3 N–H and O–H groups in total. The summed E-state index contributed by atoms with van der Waals surface area (Å²) >= 11 is 0. The maximum atomic E-state index is 12.6. The van der Waals surface area contributed by atoms with Crippen molar-refractivity contribution in [3.05, 3.63) is 18.7 Å². The molecule has 1 saturated heterocycles. The van der Waals surface area contributed by atoms with Gasteiger partial charge in [0.2, 0.25) is 5.91 Å². The van der Waals surface area contributed by atoms with E-state index in [-0.39, 0.29) is 23.3 Å². The first-order valence-electron chi connectivity index (χ1n) is 7.62. The predicted octanol–water partition coefficient (Wildman–Crippen LogP) is 0.532. The number of aromatic nitrogens is 2. The van der Waals surface area contributed by atoms with Crippen LogP contribution in [0.5, 0.6) is 0 Å². The molecule has 3 atom stereocenters. The van der Waals surface area contributed by atoms with Crippen molar-refractivity contribution in [1.29, 1.82) is 0 Å². The Balaban J connectivity index is 1.53. The molecule has 1 saturated carbocycles. The van der Waals surface area contributed by atoms with Gasteiger partial charge in [-0.25, -0.2) is 4.98 Å². The van der Waals surface area contributed by atoms with Gasteiger partial charge in [0.05, 0.1) is 12.4 Å². The van der Waals surface area contributed by atoms with Crippen LogP contribution >= 0.6 is 0 Å². The fraction of sp³-hybridized carbons (Fsp3) is 0.733. The van der Waals surface area contributed by atoms with Crippen LogP contribution in [-0.4, -0.2) is 40.3 Å². The van der Waals surface area contributed by atoms with E-state index in [4.69, 9.17) is 10.5 Å². The van der Waals surface area contributed by atoms with Crippen LogP contribution in [0.1, 0.15) is 26.7 Å². The van der Waals surface area contributed by atoms with Crippen molar-refractivity contribution in [3.8, 4) is 0 Å². The van der Waals surface area contributed by atoms with Gasteiger partial charge < -0.3 is 20.4 Å². The molecule has 2 heterocycles. The van der Waals surface area contributed by atoms with E-state index < -0.39 is 5.54 Å². The summed E-state index contributed by atoms with van der Waals surface area (Å²) in [6, 6.07) is 0. The molecule has 0 radical (unpaired) electrons. The summed E-state index contributed by atoms with van der Waals surface area (Å²) in [5, 5.41) is 3.00. The standard InChI is InChI=1S/C15H24N4O2/c1-14(2)12-11(4-9-21-12)15(14,16)13(20)18-5-3-7-19-8-6-17-10-19/h6,8,10-12H,3-5,7,9,16H2,1-2H3,(H,18,20). The van der Waals surface area contributed by atoms with E-state index in [9.17, 15) is 4.79 Å². The second-order valence-electron chi connectivity index (χ2n) is 6.69. The lowest BCUT2D eigenvalue weighted by Gasteiger charge is -2.60. The molecule has 2 aliphatic rings. The van der Waals surface area contributed by atoms with Crippen molar-refractivity contribution in [2.75, 3.05) is 13.2 Å². The largest absolute Gasteiger partial charge is 0.377 e. The van der Waals surface area contributed by atoms with Gasteiger partial charge in [0.15, 0.2) is 0 Å². The topological polar surface area (TPSA) is 82.2 Å². The van der Waals surface area contributed by atoms with Crippen LogP contribution in [0.2, 0.25) is 0 Å². The van der Waals surface area contributed by atoms with Gasteiger partial charge in [-0.2, -0.15) is 0 Å². The zero-order valence-corrected chi connectivity index (χ0v) is 12.7. The average Bonchev–Trinajstić information content (AvgIpc) is 3.12. The Kier molecular flexibility index (Phi) is 3.53. The quantitative estimate of drug-likeness (QED) is 0.776. The minimum absolute atomic E-state index is 0.0371. The lowest BCUT2D eigenvalue weighted by molar-refractivity contribution is -0.175. The molecular formula is C15H24N4O2. The third-order valence-corrected chi connectivity index (χ3v) is 5.27. The lowest BCUT2D eigenvalue weighted by atomic mass is 9.48. The van der Waals surface area contributed by atoms with Gasteiger partial charge in [-0.15, -0.1) is 0 Å². The minimum atomic E-state index is -0.802. The fourth-order valence-corrected chi connectivity index (χ4v) is 3.87. The zero-order chi connectivity index (χ0) is 15.1. The van der Waals surface area contributed by atoms with E-state index in [0.717, 1.165) is 19.4 Å². The van der Waals surface area contributed by atoms with Crippen LogP contribution in [0.3, 0.4) is 0 Å². The number of imidazole rings is 1. The van der Waals surface area contributed by atoms with Gasteiger partial charge in [-0.3, -0.25) is 4.79 Å². The second kappa shape index (κ2) is 5.10. The Hall–Kier alpha value is -1.40. The number of amides is 1. The molecule has 0 aromatic carbocycles. The molecule has 1 aliphatic heterocycles. The van der Waals surface area contributed by atoms with Crippen LogP contribution in [0.4, 0.5) is 0 Å². The third-order valence-electron chi connectivity index (χ3n) is 5.27. The highest BCUT2D eigenvalue weighted by Gasteiger charge is 2.71. The highest BCUT2D eigenvalue weighted by atomic mass is 16.5. The van der Waals surface area contributed by atoms with Crippen molar-refractivity contribution in [1.82, 2.24) is 14.9 Å². The van der Waals surface area contributed by atoms with E-state index in [1.165, 1.54) is 0 Å². The molecule has 1 aromatic heterocycles. The first kappa shape index (κ1) is 14.5. The fourth-order valence-electron chi connectivity index (χ4n) is 3.87. The molecule has 6 heteroatoms. The van der Waals surface area contributed by atoms with Crippen LogP contribution in [0, 0.1) is 11.3 Å². The Bertz CT molecular complexity index is 514. The lowest BCUT2D eigenvalue weighted by Crippen LogP contribution is -2.80. The number of carbonyl (C=O) groups is 1. The number of carbonyl (C=O) groups excluding carboxylic acids is 1. The molecule has 3 rings (SSSR count). The molecule has 2 fully saturated rings. The molecule has 1 aliphatic carbocycles. The van der Waals surface area contributed by atoms with E-state index in [2.05, 4.69) is 10.3 Å². The number of nitrogens with zero attached hydrogens (tertiary/aromatic N) is 2. The summed E-state index contributed by atoms with van der Waals surface area (Å²) in [7, 11) is 0. The summed E-state index contributed by atoms with van der Waals surface area (Å²) in [6.07, 6.45) is 7.32. The number of rotatable bonds is 5. The van der Waals surface area contributed by atoms with Crippen molar-refractivity contribution in [2.24, 2.45) is 17.1 Å². The van der Waals surface area contributed by atoms with Gasteiger partial charge in [-0.1, -0.05) is 13.8 Å². The number of hydrogen-bond acceptors (Lipinski definition) is 4. The van der Waals surface area contributed by atoms with E-state index >= 15 is 0 Å². The van der Waals surface area contributed by atoms with Gasteiger partial charge in [0, 0.05) is 43.4 Å². The second-order valence-corrected chi connectivity index (χ2v) is 6.69. The van der Waals surface area contributed by atoms with E-state index in [1.807, 2.05) is 24.6 Å². The average molecular weight is 292 g/mol. The molecule has 1 amide bonds. The smallest absolute Gasteiger partial charge is 0.241 e. The van der Waals surface area contributed by atoms with Crippen LogP contribution in [0.15, 0.2) is 18.7 Å². The highest BCUT2D eigenvalue weighted by Crippen LogP contribution is 2.58. The van der Waals surface area contributed by atoms with Crippen molar-refractivity contribution in [2.45, 2.75) is 44.9 Å². The molecular weight excluding hydrogens is 268 g/mol. The number of nitrogens with two attached hydrogens (primary N) is 1. The van der Waals surface area contributed by atoms with Crippen LogP contribution < -0.4 is 11.1 Å². The number of hydrogen-bond donors (Lipinski definition) is 2. The van der Waals surface area contributed by atoms with E-state index in [1.54, 1.807) is 12.5 Å². The number of fused-ring (bicyclic) bond motifs is 1. The molecule has 0 bridgehead atoms. The minimum Gasteiger partial charge on any atom is -0.377 e. The molecule has 116 valence electrons. The van der Waals surface area contributed by atoms with Crippen LogP contribution in [-0.2, 0) is 16.1 Å². The number of nitrogens with one attached hydrogen (secondary N) is 1.